The number of para-hydroxylation sites is 1. The lowest BCUT2D eigenvalue weighted by Gasteiger charge is -2.28. The van der Waals surface area contributed by atoms with Gasteiger partial charge in [-0.05, 0) is 43.3 Å². The van der Waals surface area contributed by atoms with E-state index in [0.29, 0.717) is 12.2 Å². The molecule has 0 aliphatic carbocycles. The molecule has 3 aromatic carbocycles. The minimum Gasteiger partial charge on any atom is -0.501 e. The van der Waals surface area contributed by atoms with Crippen molar-refractivity contribution in [3.8, 4) is 0 Å². The number of sulfonamides is 1. The Morgan fingerprint density at radius 2 is 1.64 bits per heavy atom. The number of hydrogen-bond donors (Lipinski definition) is 1. The van der Waals surface area contributed by atoms with Gasteiger partial charge in [-0.15, -0.1) is 0 Å². The number of nitrogens with zero attached hydrogens (tertiary/aromatic N) is 1. The van der Waals surface area contributed by atoms with Crippen LogP contribution in [0.2, 0.25) is 0 Å². The number of carbonyl (C=O) groups excluding carboxylic acids is 2. The fraction of sp³-hybridized carbons (Fsp3) is 0.0833. The van der Waals surface area contributed by atoms with Crippen molar-refractivity contribution in [2.75, 3.05) is 16.2 Å². The van der Waals surface area contributed by atoms with Gasteiger partial charge < -0.3 is 4.74 Å². The number of benzene rings is 3. The molecule has 0 radical (unpaired) electrons. The zero-order chi connectivity index (χ0) is 23.6. The van der Waals surface area contributed by atoms with Crippen molar-refractivity contribution >= 4 is 38.8 Å². The summed E-state index contributed by atoms with van der Waals surface area (Å²) in [5, 5.41) is 0. The van der Waals surface area contributed by atoms with Crippen molar-refractivity contribution in [1.82, 2.24) is 0 Å². The standard InChI is InChI=1S/C24H19FN2O5S/c1-2-32-15-20-18-10-3-4-11-19(18)23(28)27(24(20)29)16-8-7-9-17(14-16)33(30,31)26-22-13-6-5-12-21(22)25/h3-15,26H,2H2,1H3. The third kappa shape index (κ3) is 4.22. The van der Waals surface area contributed by atoms with Crippen LogP contribution in [0, 0.1) is 5.82 Å². The average Bonchev–Trinajstić information content (AvgIpc) is 2.81. The Morgan fingerprint density at radius 3 is 2.36 bits per heavy atom. The second kappa shape index (κ2) is 8.87. The second-order valence-corrected chi connectivity index (χ2v) is 8.74. The molecule has 33 heavy (non-hydrogen) atoms. The summed E-state index contributed by atoms with van der Waals surface area (Å²) in [6.45, 7) is 2.08. The molecule has 0 unspecified atom stereocenters. The largest absolute Gasteiger partial charge is 0.501 e. The minimum atomic E-state index is -4.20. The van der Waals surface area contributed by atoms with E-state index >= 15 is 0 Å². The summed E-state index contributed by atoms with van der Waals surface area (Å²) in [5.74, 6) is -1.98. The zero-order valence-corrected chi connectivity index (χ0v) is 18.3. The minimum absolute atomic E-state index is 0.0540. The van der Waals surface area contributed by atoms with Crippen LogP contribution in [0.5, 0.6) is 0 Å². The first-order valence-electron chi connectivity index (χ1n) is 10.0. The third-order valence-corrected chi connectivity index (χ3v) is 6.32. The van der Waals surface area contributed by atoms with Crippen LogP contribution >= 0.6 is 0 Å². The van der Waals surface area contributed by atoms with Crippen LogP contribution in [0.4, 0.5) is 15.8 Å². The van der Waals surface area contributed by atoms with Crippen LogP contribution in [-0.2, 0) is 19.6 Å². The molecule has 0 atom stereocenters. The van der Waals surface area contributed by atoms with Crippen molar-refractivity contribution in [1.29, 1.82) is 0 Å². The van der Waals surface area contributed by atoms with Gasteiger partial charge in [-0.25, -0.2) is 17.7 Å². The van der Waals surface area contributed by atoms with Gasteiger partial charge in [0, 0.05) is 11.1 Å². The number of rotatable bonds is 6. The molecule has 0 bridgehead atoms. The fourth-order valence-electron chi connectivity index (χ4n) is 3.41. The number of nitrogens with one attached hydrogen (secondary N) is 1. The van der Waals surface area contributed by atoms with Gasteiger partial charge in [0.2, 0.25) is 0 Å². The first-order valence-corrected chi connectivity index (χ1v) is 11.5. The molecule has 1 heterocycles. The number of halogens is 1. The number of imide groups is 1. The molecule has 7 nitrogen and oxygen atoms in total. The van der Waals surface area contributed by atoms with Crippen LogP contribution in [-0.4, -0.2) is 26.8 Å². The first kappa shape index (κ1) is 22.2. The molecule has 0 saturated carbocycles. The predicted octanol–water partition coefficient (Wildman–Crippen LogP) is 4.19. The van der Waals surface area contributed by atoms with E-state index in [2.05, 4.69) is 4.72 Å². The van der Waals surface area contributed by atoms with E-state index in [4.69, 9.17) is 4.74 Å². The Hall–Kier alpha value is -3.98. The van der Waals surface area contributed by atoms with Gasteiger partial charge in [0.05, 0.1) is 34.7 Å². The number of fused-ring (bicyclic) bond motifs is 1. The Bertz CT molecular complexity index is 1380. The summed E-state index contributed by atoms with van der Waals surface area (Å²) < 4.78 is 47.2. The molecule has 0 saturated heterocycles. The van der Waals surface area contributed by atoms with E-state index in [1.54, 1.807) is 31.2 Å². The molecule has 0 spiro atoms. The Balaban J connectivity index is 1.76. The molecule has 168 valence electrons. The summed E-state index contributed by atoms with van der Waals surface area (Å²) >= 11 is 0. The highest BCUT2D eigenvalue weighted by atomic mass is 32.2. The molecule has 3 aromatic rings. The van der Waals surface area contributed by atoms with Crippen molar-refractivity contribution in [3.63, 3.8) is 0 Å². The molecular formula is C24H19FN2O5S. The van der Waals surface area contributed by atoms with Crippen molar-refractivity contribution in [2.45, 2.75) is 11.8 Å². The van der Waals surface area contributed by atoms with Gasteiger partial charge in [-0.1, -0.05) is 36.4 Å². The Labute approximate surface area is 190 Å². The lowest BCUT2D eigenvalue weighted by atomic mass is 9.94. The average molecular weight is 466 g/mol. The number of anilines is 2. The number of carbonyl (C=O) groups is 2. The quantitative estimate of drug-likeness (QED) is 0.334. The van der Waals surface area contributed by atoms with E-state index in [0.717, 1.165) is 11.0 Å². The maximum absolute atomic E-state index is 14.0. The second-order valence-electron chi connectivity index (χ2n) is 7.06. The molecule has 0 aromatic heterocycles. The van der Waals surface area contributed by atoms with E-state index < -0.39 is 27.7 Å². The monoisotopic (exact) mass is 466 g/mol. The summed E-state index contributed by atoms with van der Waals surface area (Å²) in [7, 11) is -4.20. The van der Waals surface area contributed by atoms with Gasteiger partial charge in [-0.3, -0.25) is 14.3 Å². The Morgan fingerprint density at radius 1 is 0.939 bits per heavy atom. The maximum Gasteiger partial charge on any atom is 0.269 e. The maximum atomic E-state index is 14.0. The van der Waals surface area contributed by atoms with Gasteiger partial charge >= 0.3 is 0 Å². The Kier molecular flexibility index (Phi) is 5.97. The van der Waals surface area contributed by atoms with Gasteiger partial charge in [-0.2, -0.15) is 0 Å². The van der Waals surface area contributed by atoms with Crippen LogP contribution in [0.15, 0.2) is 84.0 Å². The molecule has 0 fully saturated rings. The topological polar surface area (TPSA) is 92.8 Å². The highest BCUT2D eigenvalue weighted by Gasteiger charge is 2.36. The third-order valence-electron chi connectivity index (χ3n) is 4.96. The molecule has 1 aliphatic heterocycles. The number of ether oxygens (including phenoxy) is 1. The summed E-state index contributed by atoms with van der Waals surface area (Å²) in [5.41, 5.74) is 0.718. The van der Waals surface area contributed by atoms with Crippen molar-refractivity contribution in [3.05, 3.63) is 96.0 Å². The number of hydrogen-bond acceptors (Lipinski definition) is 5. The van der Waals surface area contributed by atoms with Crippen LogP contribution in [0.1, 0.15) is 22.8 Å². The molecule has 1 aliphatic rings. The lowest BCUT2D eigenvalue weighted by Crippen LogP contribution is -2.42. The van der Waals surface area contributed by atoms with Crippen molar-refractivity contribution in [2.24, 2.45) is 0 Å². The van der Waals surface area contributed by atoms with E-state index in [1.807, 2.05) is 0 Å². The van der Waals surface area contributed by atoms with E-state index in [9.17, 15) is 22.4 Å². The van der Waals surface area contributed by atoms with E-state index in [-0.39, 0.29) is 27.4 Å². The normalized spacial score (nSPS) is 14.8. The fourth-order valence-corrected chi connectivity index (χ4v) is 4.51. The van der Waals surface area contributed by atoms with Crippen LogP contribution in [0.25, 0.3) is 5.57 Å². The molecule has 2 amide bonds. The molecule has 1 N–H and O–H groups in total. The van der Waals surface area contributed by atoms with Crippen molar-refractivity contribution < 1.29 is 27.1 Å². The zero-order valence-electron chi connectivity index (χ0n) is 17.5. The van der Waals surface area contributed by atoms with Crippen LogP contribution in [0.3, 0.4) is 0 Å². The SMILES string of the molecule is CCOC=C1C(=O)N(c2cccc(S(=O)(=O)Nc3ccccc3F)c2)C(=O)c2ccccc21. The van der Waals surface area contributed by atoms with Crippen LogP contribution < -0.4 is 9.62 Å². The van der Waals surface area contributed by atoms with Gasteiger partial charge in [0.25, 0.3) is 21.8 Å². The molecule has 9 heteroatoms. The highest BCUT2D eigenvalue weighted by molar-refractivity contribution is 7.92. The highest BCUT2D eigenvalue weighted by Crippen LogP contribution is 2.33. The smallest absolute Gasteiger partial charge is 0.269 e. The lowest BCUT2D eigenvalue weighted by molar-refractivity contribution is -0.113. The first-order chi connectivity index (χ1) is 15.8. The molecular weight excluding hydrogens is 447 g/mol. The summed E-state index contributed by atoms with van der Waals surface area (Å²) in [6, 6.07) is 17.3. The number of amides is 2. The summed E-state index contributed by atoms with van der Waals surface area (Å²) in [4.78, 5) is 27.1. The predicted molar refractivity (Wildman–Crippen MR) is 122 cm³/mol. The summed E-state index contributed by atoms with van der Waals surface area (Å²) in [6.07, 6.45) is 1.29. The van der Waals surface area contributed by atoms with Gasteiger partial charge in [0.15, 0.2) is 0 Å². The molecule has 4 rings (SSSR count). The van der Waals surface area contributed by atoms with E-state index in [1.165, 1.54) is 48.7 Å². The van der Waals surface area contributed by atoms with Gasteiger partial charge in [0.1, 0.15) is 5.82 Å².